The molecule has 0 bridgehead atoms. The smallest absolute Gasteiger partial charge is 0.340 e. The average molecular weight is 160 g/mol. The van der Waals surface area contributed by atoms with Crippen molar-refractivity contribution in [2.45, 2.75) is 18.4 Å². The molecule has 0 saturated carbocycles. The fourth-order valence-corrected chi connectivity index (χ4v) is 1.23. The molecule has 1 unspecified atom stereocenters. The molecule has 1 atom stereocenters. The number of hydrogen-bond acceptors (Lipinski definition) is 4. The van der Waals surface area contributed by atoms with E-state index in [0.717, 1.165) is 6.42 Å². The summed E-state index contributed by atoms with van der Waals surface area (Å²) >= 11 is 0. The summed E-state index contributed by atoms with van der Waals surface area (Å²) in [4.78, 5) is 11.1. The second-order valence-electron chi connectivity index (χ2n) is 2.60. The van der Waals surface area contributed by atoms with E-state index in [0.29, 0.717) is 13.0 Å². The van der Waals surface area contributed by atoms with Gasteiger partial charge in [-0.05, 0) is 12.8 Å². The van der Waals surface area contributed by atoms with Gasteiger partial charge in [0.1, 0.15) is 0 Å². The molecular formula is C7H12O4. The van der Waals surface area contributed by atoms with E-state index < -0.39 is 11.6 Å². The summed E-state index contributed by atoms with van der Waals surface area (Å²) in [5, 5.41) is 8.89. The molecule has 0 aromatic carbocycles. The van der Waals surface area contributed by atoms with E-state index in [4.69, 9.17) is 9.84 Å². The fraction of sp³-hybridized carbons (Fsp3) is 0.857. The Morgan fingerprint density at radius 3 is 2.91 bits per heavy atom. The summed E-state index contributed by atoms with van der Waals surface area (Å²) in [7, 11) is 1.29. The number of esters is 1. The maximum absolute atomic E-state index is 11.1. The molecule has 4 nitrogen and oxygen atoms in total. The summed E-state index contributed by atoms with van der Waals surface area (Å²) in [5.41, 5.74) is -1.06. The molecular weight excluding hydrogens is 148 g/mol. The first-order valence-corrected chi connectivity index (χ1v) is 3.58. The van der Waals surface area contributed by atoms with Crippen LogP contribution in [-0.4, -0.2) is 37.0 Å². The number of carbonyl (C=O) groups excluding carboxylic acids is 1. The quantitative estimate of drug-likeness (QED) is 0.563. The highest BCUT2D eigenvalue weighted by Crippen LogP contribution is 2.26. The van der Waals surface area contributed by atoms with Crippen LogP contribution >= 0.6 is 0 Å². The van der Waals surface area contributed by atoms with Crippen molar-refractivity contribution in [2.75, 3.05) is 20.3 Å². The Hall–Kier alpha value is -0.610. The lowest BCUT2D eigenvalue weighted by Crippen LogP contribution is -2.42. The Bertz CT molecular complexity index is 149. The number of ether oxygens (including phenoxy) is 2. The summed E-state index contributed by atoms with van der Waals surface area (Å²) < 4.78 is 9.62. The summed E-state index contributed by atoms with van der Waals surface area (Å²) in [6, 6.07) is 0. The van der Waals surface area contributed by atoms with Crippen LogP contribution in [-0.2, 0) is 14.3 Å². The minimum Gasteiger partial charge on any atom is -0.467 e. The second kappa shape index (κ2) is 3.19. The predicted octanol–water partition coefficient (Wildman–Crippen LogP) is -0.299. The van der Waals surface area contributed by atoms with Crippen LogP contribution in [0.15, 0.2) is 0 Å². The normalized spacial score (nSPS) is 30.4. The Morgan fingerprint density at radius 1 is 1.82 bits per heavy atom. The van der Waals surface area contributed by atoms with Crippen molar-refractivity contribution in [1.82, 2.24) is 0 Å². The molecule has 0 aliphatic carbocycles. The van der Waals surface area contributed by atoms with Crippen LogP contribution in [0.1, 0.15) is 12.8 Å². The summed E-state index contributed by atoms with van der Waals surface area (Å²) in [6.45, 7) is 0.231. The van der Waals surface area contributed by atoms with E-state index in [1.54, 1.807) is 0 Å². The van der Waals surface area contributed by atoms with Gasteiger partial charge in [-0.15, -0.1) is 0 Å². The van der Waals surface area contributed by atoms with E-state index >= 15 is 0 Å². The number of aliphatic hydroxyl groups excluding tert-OH is 1. The van der Waals surface area contributed by atoms with Crippen LogP contribution in [0.3, 0.4) is 0 Å². The molecule has 1 rings (SSSR count). The number of hydrogen-bond donors (Lipinski definition) is 1. The third kappa shape index (κ3) is 1.36. The van der Waals surface area contributed by atoms with Crippen molar-refractivity contribution in [3.63, 3.8) is 0 Å². The van der Waals surface area contributed by atoms with Crippen LogP contribution < -0.4 is 0 Å². The first-order chi connectivity index (χ1) is 5.25. The number of carbonyl (C=O) groups is 1. The fourth-order valence-electron chi connectivity index (χ4n) is 1.23. The van der Waals surface area contributed by atoms with Gasteiger partial charge in [-0.3, -0.25) is 0 Å². The zero-order chi connectivity index (χ0) is 8.32. The highest BCUT2D eigenvalue weighted by Gasteiger charge is 2.43. The zero-order valence-corrected chi connectivity index (χ0v) is 6.50. The van der Waals surface area contributed by atoms with E-state index in [1.165, 1.54) is 7.11 Å². The van der Waals surface area contributed by atoms with Gasteiger partial charge in [-0.1, -0.05) is 0 Å². The molecule has 0 aromatic rings. The van der Waals surface area contributed by atoms with Gasteiger partial charge in [0.05, 0.1) is 13.7 Å². The van der Waals surface area contributed by atoms with Crippen molar-refractivity contribution in [3.05, 3.63) is 0 Å². The van der Waals surface area contributed by atoms with Crippen molar-refractivity contribution in [2.24, 2.45) is 0 Å². The van der Waals surface area contributed by atoms with Crippen molar-refractivity contribution in [3.8, 4) is 0 Å². The van der Waals surface area contributed by atoms with Gasteiger partial charge >= 0.3 is 5.97 Å². The van der Waals surface area contributed by atoms with Crippen molar-refractivity contribution < 1.29 is 19.4 Å². The average Bonchev–Trinajstić information content (AvgIpc) is 2.52. The SMILES string of the molecule is COC(=O)C1(CO)CCCO1. The molecule has 0 amide bonds. The molecule has 1 fully saturated rings. The zero-order valence-electron chi connectivity index (χ0n) is 6.50. The van der Waals surface area contributed by atoms with Gasteiger partial charge in [-0.2, -0.15) is 0 Å². The van der Waals surface area contributed by atoms with Crippen LogP contribution in [0.2, 0.25) is 0 Å². The molecule has 64 valence electrons. The van der Waals surface area contributed by atoms with E-state index in [-0.39, 0.29) is 6.61 Å². The highest BCUT2D eigenvalue weighted by atomic mass is 16.6. The summed E-state index contributed by atoms with van der Waals surface area (Å²) in [5.74, 6) is -0.475. The number of methoxy groups -OCH3 is 1. The largest absolute Gasteiger partial charge is 0.467 e. The van der Waals surface area contributed by atoms with Gasteiger partial charge in [0.15, 0.2) is 5.60 Å². The number of rotatable bonds is 2. The van der Waals surface area contributed by atoms with Gasteiger partial charge in [0.2, 0.25) is 0 Å². The van der Waals surface area contributed by atoms with Gasteiger partial charge in [0.25, 0.3) is 0 Å². The molecule has 0 aromatic heterocycles. The van der Waals surface area contributed by atoms with E-state index in [1.807, 2.05) is 0 Å². The molecule has 1 heterocycles. The third-order valence-corrected chi connectivity index (χ3v) is 1.92. The standard InChI is InChI=1S/C7H12O4/c1-10-6(9)7(5-8)3-2-4-11-7/h8H,2-5H2,1H3. The van der Waals surface area contributed by atoms with Gasteiger partial charge in [0, 0.05) is 6.61 Å². The molecule has 1 aliphatic heterocycles. The van der Waals surface area contributed by atoms with Crippen molar-refractivity contribution in [1.29, 1.82) is 0 Å². The first kappa shape index (κ1) is 8.49. The molecule has 1 saturated heterocycles. The second-order valence-corrected chi connectivity index (χ2v) is 2.60. The Kier molecular flexibility index (Phi) is 2.46. The maximum Gasteiger partial charge on any atom is 0.340 e. The van der Waals surface area contributed by atoms with Crippen LogP contribution in [0.4, 0.5) is 0 Å². The summed E-state index contributed by atoms with van der Waals surface area (Å²) in [6.07, 6.45) is 1.35. The molecule has 4 heteroatoms. The lowest BCUT2D eigenvalue weighted by atomic mass is 10.0. The van der Waals surface area contributed by atoms with Crippen LogP contribution in [0.25, 0.3) is 0 Å². The van der Waals surface area contributed by atoms with E-state index in [2.05, 4.69) is 4.74 Å². The minimum absolute atomic E-state index is 0.292. The topological polar surface area (TPSA) is 55.8 Å². The molecule has 1 aliphatic rings. The molecule has 11 heavy (non-hydrogen) atoms. The van der Waals surface area contributed by atoms with Crippen molar-refractivity contribution >= 4 is 5.97 Å². The number of aliphatic hydroxyl groups is 1. The maximum atomic E-state index is 11.1. The predicted molar refractivity (Wildman–Crippen MR) is 37.0 cm³/mol. The minimum atomic E-state index is -1.06. The Balaban J connectivity index is 2.66. The van der Waals surface area contributed by atoms with Crippen LogP contribution in [0.5, 0.6) is 0 Å². The first-order valence-electron chi connectivity index (χ1n) is 3.58. The lowest BCUT2D eigenvalue weighted by molar-refractivity contribution is -0.168. The molecule has 1 N–H and O–H groups in total. The highest BCUT2D eigenvalue weighted by molar-refractivity contribution is 5.79. The lowest BCUT2D eigenvalue weighted by Gasteiger charge is -2.21. The molecule has 0 radical (unpaired) electrons. The third-order valence-electron chi connectivity index (χ3n) is 1.92. The monoisotopic (exact) mass is 160 g/mol. The van der Waals surface area contributed by atoms with Gasteiger partial charge in [-0.25, -0.2) is 4.79 Å². The Morgan fingerprint density at radius 2 is 2.55 bits per heavy atom. The molecule has 0 spiro atoms. The van der Waals surface area contributed by atoms with Crippen LogP contribution in [0, 0.1) is 0 Å². The van der Waals surface area contributed by atoms with Gasteiger partial charge < -0.3 is 14.6 Å². The Labute approximate surface area is 65.1 Å². The van der Waals surface area contributed by atoms with E-state index in [9.17, 15) is 4.79 Å².